The molecule has 0 bridgehead atoms. The molecule has 17 heavy (non-hydrogen) atoms. The largest absolute Gasteiger partial charge is 0.349 e. The third kappa shape index (κ3) is 2.94. The van der Waals surface area contributed by atoms with Gasteiger partial charge in [0.15, 0.2) is 5.65 Å². The summed E-state index contributed by atoms with van der Waals surface area (Å²) in [4.78, 5) is 6.56. The maximum absolute atomic E-state index is 4.42. The van der Waals surface area contributed by atoms with Gasteiger partial charge in [-0.2, -0.15) is 4.98 Å². The normalized spacial score (nSPS) is 13.2. The summed E-state index contributed by atoms with van der Waals surface area (Å²) >= 11 is 0. The second kappa shape index (κ2) is 4.71. The number of nitrogens with zero attached hydrogens (tertiary/aromatic N) is 4. The second-order valence-corrected chi connectivity index (χ2v) is 4.75. The third-order valence-corrected chi connectivity index (χ3v) is 2.49. The van der Waals surface area contributed by atoms with Crippen LogP contribution in [-0.2, 0) is 0 Å². The average Bonchev–Trinajstić information content (AvgIpc) is 2.57. The molecule has 2 heterocycles. The topological polar surface area (TPSA) is 45.5 Å². The van der Waals surface area contributed by atoms with Gasteiger partial charge < -0.3 is 10.2 Å². The van der Waals surface area contributed by atoms with E-state index in [2.05, 4.69) is 41.3 Å². The molecule has 2 rings (SSSR count). The first-order chi connectivity index (χ1) is 8.04. The number of pyridine rings is 1. The van der Waals surface area contributed by atoms with Gasteiger partial charge in [-0.15, -0.1) is 5.10 Å². The summed E-state index contributed by atoms with van der Waals surface area (Å²) in [6, 6.07) is 4.34. The van der Waals surface area contributed by atoms with Crippen molar-refractivity contribution in [3.05, 3.63) is 23.9 Å². The van der Waals surface area contributed by atoms with Gasteiger partial charge in [0.1, 0.15) is 0 Å². The molecule has 0 saturated carbocycles. The summed E-state index contributed by atoms with van der Waals surface area (Å²) in [6.45, 7) is 5.12. The Morgan fingerprint density at radius 1 is 1.41 bits per heavy atom. The van der Waals surface area contributed by atoms with E-state index >= 15 is 0 Å². The molecule has 0 aliphatic carbocycles. The molecule has 2 aromatic rings. The highest BCUT2D eigenvalue weighted by atomic mass is 15.3. The van der Waals surface area contributed by atoms with Gasteiger partial charge in [0.2, 0.25) is 5.95 Å². The molecule has 0 amide bonds. The van der Waals surface area contributed by atoms with Crippen molar-refractivity contribution >= 4 is 11.6 Å². The Kier molecular flexibility index (Phi) is 3.28. The lowest BCUT2D eigenvalue weighted by Gasteiger charge is -2.16. The molecule has 5 nitrogen and oxygen atoms in total. The van der Waals surface area contributed by atoms with Gasteiger partial charge in [-0.05, 0) is 39.6 Å². The summed E-state index contributed by atoms with van der Waals surface area (Å²) in [5.41, 5.74) is 2.05. The highest BCUT2D eigenvalue weighted by Gasteiger charge is 2.07. The maximum atomic E-state index is 4.42. The second-order valence-electron chi connectivity index (χ2n) is 4.75. The Morgan fingerprint density at radius 3 is 2.88 bits per heavy atom. The molecule has 0 aromatic carbocycles. The first kappa shape index (κ1) is 11.9. The summed E-state index contributed by atoms with van der Waals surface area (Å²) in [5.74, 6) is 0.685. The third-order valence-electron chi connectivity index (χ3n) is 2.49. The molecule has 1 N–H and O–H groups in total. The van der Waals surface area contributed by atoms with Crippen LogP contribution < -0.4 is 5.32 Å². The zero-order valence-electron chi connectivity index (χ0n) is 10.8. The Bertz CT molecular complexity index is 503. The van der Waals surface area contributed by atoms with Crippen molar-refractivity contribution in [1.29, 1.82) is 0 Å². The fourth-order valence-corrected chi connectivity index (χ4v) is 1.86. The van der Waals surface area contributed by atoms with Crippen LogP contribution in [0.4, 0.5) is 5.95 Å². The molecule has 1 atom stereocenters. The van der Waals surface area contributed by atoms with E-state index in [1.54, 1.807) is 4.52 Å². The molecule has 0 fully saturated rings. The van der Waals surface area contributed by atoms with Crippen LogP contribution in [0.2, 0.25) is 0 Å². The van der Waals surface area contributed by atoms with Crippen molar-refractivity contribution in [3.63, 3.8) is 0 Å². The van der Waals surface area contributed by atoms with Crippen LogP contribution in [0.1, 0.15) is 12.5 Å². The lowest BCUT2D eigenvalue weighted by Crippen LogP contribution is -2.30. The van der Waals surface area contributed by atoms with Crippen LogP contribution in [0.5, 0.6) is 0 Å². The highest BCUT2D eigenvalue weighted by molar-refractivity contribution is 5.44. The van der Waals surface area contributed by atoms with E-state index in [0.717, 1.165) is 12.2 Å². The number of fused-ring (bicyclic) bond motifs is 1. The molecule has 0 spiro atoms. The van der Waals surface area contributed by atoms with Crippen LogP contribution in [0, 0.1) is 6.92 Å². The lowest BCUT2D eigenvalue weighted by molar-refractivity contribution is 0.391. The molecule has 0 aliphatic rings. The van der Waals surface area contributed by atoms with Crippen molar-refractivity contribution in [3.8, 4) is 0 Å². The van der Waals surface area contributed by atoms with Gasteiger partial charge >= 0.3 is 0 Å². The molecular formula is C12H19N5. The van der Waals surface area contributed by atoms with Crippen molar-refractivity contribution in [2.24, 2.45) is 0 Å². The van der Waals surface area contributed by atoms with E-state index in [4.69, 9.17) is 0 Å². The molecule has 1 unspecified atom stereocenters. The zero-order valence-corrected chi connectivity index (χ0v) is 10.8. The quantitative estimate of drug-likeness (QED) is 0.867. The summed E-state index contributed by atoms with van der Waals surface area (Å²) in [6.07, 6.45) is 1.98. The predicted molar refractivity (Wildman–Crippen MR) is 69.4 cm³/mol. The number of hydrogen-bond acceptors (Lipinski definition) is 4. The Labute approximate surface area is 101 Å². The monoisotopic (exact) mass is 233 g/mol. The molecule has 92 valence electrons. The molecule has 5 heteroatoms. The maximum Gasteiger partial charge on any atom is 0.243 e. The van der Waals surface area contributed by atoms with Crippen LogP contribution in [0.15, 0.2) is 18.3 Å². The molecule has 0 radical (unpaired) electrons. The van der Waals surface area contributed by atoms with Crippen LogP contribution in [0.25, 0.3) is 5.65 Å². The molecule has 0 saturated heterocycles. The minimum atomic E-state index is 0.323. The number of aromatic nitrogens is 3. The fourth-order valence-electron chi connectivity index (χ4n) is 1.86. The van der Waals surface area contributed by atoms with Gasteiger partial charge in [-0.25, -0.2) is 4.52 Å². The average molecular weight is 233 g/mol. The number of aryl methyl sites for hydroxylation is 1. The molecule has 0 aliphatic heterocycles. The standard InChI is InChI=1S/C12H19N5/c1-9-5-6-11-14-12(15-17(11)7-9)13-10(2)8-16(3)4/h5-7,10H,8H2,1-4H3,(H,13,15). The number of anilines is 1. The van der Waals surface area contributed by atoms with Gasteiger partial charge in [0.05, 0.1) is 0 Å². The van der Waals surface area contributed by atoms with E-state index < -0.39 is 0 Å². The van der Waals surface area contributed by atoms with Crippen LogP contribution in [0.3, 0.4) is 0 Å². The van der Waals surface area contributed by atoms with Crippen LogP contribution >= 0.6 is 0 Å². The first-order valence-corrected chi connectivity index (χ1v) is 5.79. The molecular weight excluding hydrogens is 214 g/mol. The van der Waals surface area contributed by atoms with E-state index in [1.807, 2.05) is 25.3 Å². The first-order valence-electron chi connectivity index (χ1n) is 5.79. The number of nitrogens with one attached hydrogen (secondary N) is 1. The lowest BCUT2D eigenvalue weighted by atomic mass is 10.3. The van der Waals surface area contributed by atoms with E-state index in [0.29, 0.717) is 12.0 Å². The van der Waals surface area contributed by atoms with Gasteiger partial charge in [0, 0.05) is 18.8 Å². The zero-order chi connectivity index (χ0) is 12.4. The SMILES string of the molecule is Cc1ccc2nc(NC(C)CN(C)C)nn2c1. The smallest absolute Gasteiger partial charge is 0.243 e. The Balaban J connectivity index is 2.14. The number of likely N-dealkylation sites (N-methyl/N-ethyl adjacent to an activating group) is 1. The number of hydrogen-bond donors (Lipinski definition) is 1. The van der Waals surface area contributed by atoms with E-state index in [9.17, 15) is 0 Å². The highest BCUT2D eigenvalue weighted by Crippen LogP contribution is 2.08. The Hall–Kier alpha value is -1.62. The van der Waals surface area contributed by atoms with Crippen molar-refractivity contribution < 1.29 is 0 Å². The summed E-state index contributed by atoms with van der Waals surface area (Å²) in [7, 11) is 4.11. The van der Waals surface area contributed by atoms with Crippen molar-refractivity contribution in [2.75, 3.05) is 26.0 Å². The van der Waals surface area contributed by atoms with Crippen molar-refractivity contribution in [1.82, 2.24) is 19.5 Å². The summed E-state index contributed by atoms with van der Waals surface area (Å²) in [5, 5.41) is 7.69. The summed E-state index contributed by atoms with van der Waals surface area (Å²) < 4.78 is 1.81. The minimum Gasteiger partial charge on any atom is -0.349 e. The number of rotatable bonds is 4. The van der Waals surface area contributed by atoms with E-state index in [-0.39, 0.29) is 0 Å². The van der Waals surface area contributed by atoms with Gasteiger partial charge in [-0.1, -0.05) is 6.07 Å². The van der Waals surface area contributed by atoms with E-state index in [1.165, 1.54) is 5.56 Å². The van der Waals surface area contributed by atoms with Gasteiger partial charge in [0.25, 0.3) is 0 Å². The Morgan fingerprint density at radius 2 is 2.18 bits per heavy atom. The fraction of sp³-hybridized carbons (Fsp3) is 0.500. The molecule has 2 aromatic heterocycles. The predicted octanol–water partition coefficient (Wildman–Crippen LogP) is 1.40. The van der Waals surface area contributed by atoms with Crippen LogP contribution in [-0.4, -0.2) is 46.2 Å². The minimum absolute atomic E-state index is 0.323. The van der Waals surface area contributed by atoms with Gasteiger partial charge in [-0.3, -0.25) is 0 Å². The van der Waals surface area contributed by atoms with Crippen molar-refractivity contribution in [2.45, 2.75) is 19.9 Å².